The first-order chi connectivity index (χ1) is 11.4. The number of rotatable bonds is 4. The van der Waals surface area contributed by atoms with Crippen molar-refractivity contribution in [2.75, 3.05) is 6.26 Å². The fourth-order valence-corrected chi connectivity index (χ4v) is 2.91. The number of H-pyrrole nitrogens is 1. The topological polar surface area (TPSA) is 81.2 Å². The minimum atomic E-state index is -3.27. The molecule has 0 aliphatic carbocycles. The summed E-state index contributed by atoms with van der Waals surface area (Å²) >= 11 is 0. The average molecular weight is 344 g/mol. The van der Waals surface area contributed by atoms with Gasteiger partial charge in [-0.25, -0.2) is 13.1 Å². The molecule has 24 heavy (non-hydrogen) atoms. The Morgan fingerprint density at radius 2 is 1.62 bits per heavy atom. The van der Waals surface area contributed by atoms with Crippen LogP contribution in [-0.4, -0.2) is 24.5 Å². The molecule has 2 aromatic carbocycles. The minimum absolute atomic E-state index is 0.172. The zero-order valence-corrected chi connectivity index (χ0v) is 14.0. The molecular weight excluding hydrogens is 328 g/mol. The van der Waals surface area contributed by atoms with Crippen LogP contribution in [0.3, 0.4) is 0 Å². The van der Waals surface area contributed by atoms with Crippen LogP contribution in [0.15, 0.2) is 64.3 Å². The number of para-hydroxylation sites is 1. The molecule has 7 heteroatoms. The molecule has 0 aliphatic heterocycles. The molecule has 0 saturated carbocycles. The van der Waals surface area contributed by atoms with Gasteiger partial charge >= 0.3 is 5.56 Å². The molecule has 0 saturated heterocycles. The third-order valence-electron chi connectivity index (χ3n) is 3.50. The van der Waals surface area contributed by atoms with Crippen LogP contribution in [-0.2, 0) is 9.84 Å². The number of aryl methyl sites for hydroxylation is 1. The Morgan fingerprint density at radius 1 is 1.00 bits per heavy atom. The molecule has 0 fully saturated rings. The summed E-state index contributed by atoms with van der Waals surface area (Å²) in [6.07, 6.45) is 1.14. The van der Waals surface area contributed by atoms with E-state index in [4.69, 9.17) is 4.74 Å². The van der Waals surface area contributed by atoms with Gasteiger partial charge in [-0.15, -0.1) is 0 Å². The molecule has 3 aromatic rings. The molecule has 1 heterocycles. The lowest BCUT2D eigenvalue weighted by Crippen LogP contribution is -2.15. The van der Waals surface area contributed by atoms with E-state index in [1.165, 1.54) is 28.9 Å². The van der Waals surface area contributed by atoms with E-state index >= 15 is 0 Å². The molecule has 0 atom stereocenters. The average Bonchev–Trinajstić information content (AvgIpc) is 2.83. The second kappa shape index (κ2) is 6.01. The van der Waals surface area contributed by atoms with Gasteiger partial charge in [0.25, 0.3) is 0 Å². The highest BCUT2D eigenvalue weighted by atomic mass is 32.2. The predicted molar refractivity (Wildman–Crippen MR) is 90.8 cm³/mol. The molecular formula is C17H16N2O4S. The molecule has 124 valence electrons. The van der Waals surface area contributed by atoms with Crippen LogP contribution >= 0.6 is 0 Å². The monoisotopic (exact) mass is 344 g/mol. The van der Waals surface area contributed by atoms with Gasteiger partial charge in [-0.05, 0) is 43.3 Å². The number of nitrogens with zero attached hydrogens (tertiary/aromatic N) is 1. The number of sulfone groups is 1. The van der Waals surface area contributed by atoms with Crippen molar-refractivity contribution in [1.29, 1.82) is 0 Å². The van der Waals surface area contributed by atoms with E-state index in [1.807, 2.05) is 30.3 Å². The summed E-state index contributed by atoms with van der Waals surface area (Å²) in [5, 5.41) is 2.97. The second-order valence-electron chi connectivity index (χ2n) is 5.39. The Kier molecular flexibility index (Phi) is 4.02. The molecule has 0 radical (unpaired) electrons. The molecule has 6 nitrogen and oxygen atoms in total. The Labute approximate surface area is 139 Å². The van der Waals surface area contributed by atoms with Crippen LogP contribution in [0, 0.1) is 6.92 Å². The van der Waals surface area contributed by atoms with E-state index in [0.29, 0.717) is 17.1 Å². The van der Waals surface area contributed by atoms with E-state index in [9.17, 15) is 13.2 Å². The quantitative estimate of drug-likeness (QED) is 0.789. The number of ether oxygens (including phenoxy) is 1. The van der Waals surface area contributed by atoms with Crippen molar-refractivity contribution in [2.45, 2.75) is 11.8 Å². The van der Waals surface area contributed by atoms with Gasteiger partial charge in [-0.2, -0.15) is 0 Å². The molecule has 0 bridgehead atoms. The lowest BCUT2D eigenvalue weighted by molar-refractivity contribution is 0.473. The smallest absolute Gasteiger partial charge is 0.314 e. The number of hydrogen-bond donors (Lipinski definition) is 1. The van der Waals surface area contributed by atoms with Crippen molar-refractivity contribution in [3.05, 3.63) is 70.6 Å². The minimum Gasteiger partial charge on any atom is -0.450 e. The first-order valence-electron chi connectivity index (χ1n) is 7.21. The molecule has 0 unspecified atom stereocenters. The highest BCUT2D eigenvalue weighted by Crippen LogP contribution is 2.23. The molecule has 0 spiro atoms. The number of nitrogens with one attached hydrogen (secondary N) is 1. The third-order valence-corrected chi connectivity index (χ3v) is 4.63. The van der Waals surface area contributed by atoms with Crippen LogP contribution in [0.5, 0.6) is 11.5 Å². The van der Waals surface area contributed by atoms with E-state index in [0.717, 1.165) is 6.26 Å². The van der Waals surface area contributed by atoms with Crippen LogP contribution in [0.4, 0.5) is 0 Å². The van der Waals surface area contributed by atoms with Crippen LogP contribution < -0.4 is 10.3 Å². The first-order valence-corrected chi connectivity index (χ1v) is 9.10. The van der Waals surface area contributed by atoms with Gasteiger partial charge in [0.05, 0.1) is 16.3 Å². The van der Waals surface area contributed by atoms with Crippen molar-refractivity contribution in [3.63, 3.8) is 0 Å². The Hall–Kier alpha value is -2.80. The Bertz CT molecular complexity index is 1020. The van der Waals surface area contributed by atoms with Crippen molar-refractivity contribution in [2.24, 2.45) is 0 Å². The summed E-state index contributed by atoms with van der Waals surface area (Å²) in [5.41, 5.74) is 0.967. The molecule has 0 aliphatic rings. The van der Waals surface area contributed by atoms with Crippen LogP contribution in [0.2, 0.25) is 0 Å². The summed E-state index contributed by atoms with van der Waals surface area (Å²) < 4.78 is 30.0. The summed E-state index contributed by atoms with van der Waals surface area (Å²) in [4.78, 5) is 12.7. The fourth-order valence-electron chi connectivity index (χ4n) is 2.28. The Balaban J connectivity index is 1.94. The number of aromatic amines is 1. The van der Waals surface area contributed by atoms with Crippen molar-refractivity contribution in [1.82, 2.24) is 9.78 Å². The van der Waals surface area contributed by atoms with Gasteiger partial charge in [0.15, 0.2) is 9.84 Å². The van der Waals surface area contributed by atoms with Crippen molar-refractivity contribution < 1.29 is 13.2 Å². The molecule has 3 rings (SSSR count). The number of benzene rings is 2. The maximum absolute atomic E-state index is 12.5. The van der Waals surface area contributed by atoms with Crippen molar-refractivity contribution >= 4 is 9.84 Å². The molecule has 0 amide bonds. The standard InChI is InChI=1S/C17H16N2O4S/c1-12-16(17(20)19(18-12)13-6-4-3-5-7-13)23-14-8-10-15(11-9-14)24(2,21)22/h3-11,18H,1-2H3. The van der Waals surface area contributed by atoms with Gasteiger partial charge in [-0.3, -0.25) is 9.89 Å². The summed E-state index contributed by atoms with van der Waals surface area (Å²) in [7, 11) is -3.27. The van der Waals surface area contributed by atoms with Crippen LogP contribution in [0.25, 0.3) is 5.69 Å². The predicted octanol–water partition coefficient (Wildman–Crippen LogP) is 2.67. The lowest BCUT2D eigenvalue weighted by Gasteiger charge is -2.04. The van der Waals surface area contributed by atoms with Gasteiger partial charge in [-0.1, -0.05) is 18.2 Å². The normalized spacial score (nSPS) is 11.4. The number of hydrogen-bond acceptors (Lipinski definition) is 4. The van der Waals surface area contributed by atoms with Crippen LogP contribution in [0.1, 0.15) is 5.69 Å². The van der Waals surface area contributed by atoms with Gasteiger partial charge < -0.3 is 4.74 Å². The van der Waals surface area contributed by atoms with Gasteiger partial charge in [0, 0.05) is 6.26 Å². The summed E-state index contributed by atoms with van der Waals surface area (Å²) in [6.45, 7) is 1.74. The molecule has 1 N–H and O–H groups in total. The SMILES string of the molecule is Cc1[nH]n(-c2ccccc2)c(=O)c1Oc1ccc(S(C)(=O)=O)cc1. The van der Waals surface area contributed by atoms with Crippen molar-refractivity contribution in [3.8, 4) is 17.2 Å². The zero-order chi connectivity index (χ0) is 17.3. The number of aromatic nitrogens is 2. The lowest BCUT2D eigenvalue weighted by atomic mass is 10.3. The maximum atomic E-state index is 12.5. The van der Waals surface area contributed by atoms with Gasteiger partial charge in [0.1, 0.15) is 5.75 Å². The largest absolute Gasteiger partial charge is 0.450 e. The van der Waals surface area contributed by atoms with E-state index in [1.54, 1.807) is 6.92 Å². The first kappa shape index (κ1) is 16.1. The van der Waals surface area contributed by atoms with Gasteiger partial charge in [0.2, 0.25) is 5.75 Å². The zero-order valence-electron chi connectivity index (χ0n) is 13.2. The third kappa shape index (κ3) is 3.11. The van der Waals surface area contributed by atoms with E-state index < -0.39 is 9.84 Å². The van der Waals surface area contributed by atoms with E-state index in [2.05, 4.69) is 5.10 Å². The highest BCUT2D eigenvalue weighted by Gasteiger charge is 2.15. The second-order valence-corrected chi connectivity index (χ2v) is 7.40. The van der Waals surface area contributed by atoms with E-state index in [-0.39, 0.29) is 16.2 Å². The molecule has 1 aromatic heterocycles. The maximum Gasteiger partial charge on any atom is 0.314 e. The summed E-state index contributed by atoms with van der Waals surface area (Å²) in [6, 6.07) is 15.1. The fraction of sp³-hybridized carbons (Fsp3) is 0.118. The Morgan fingerprint density at radius 3 is 2.21 bits per heavy atom. The summed E-state index contributed by atoms with van der Waals surface area (Å²) in [5.74, 6) is 0.563. The highest BCUT2D eigenvalue weighted by molar-refractivity contribution is 7.90.